The maximum absolute atomic E-state index is 13.0. The summed E-state index contributed by atoms with van der Waals surface area (Å²) in [4.78, 5) is 34.5. The molecular formula is C26H17Cl2N3O4S. The van der Waals surface area contributed by atoms with Crippen molar-refractivity contribution in [3.8, 4) is 22.7 Å². The number of carbonyl (C=O) groups is 2. The Labute approximate surface area is 219 Å². The first kappa shape index (κ1) is 24.0. The topological polar surface area (TPSA) is 94.3 Å². The summed E-state index contributed by atoms with van der Waals surface area (Å²) in [6.07, 6.45) is -1.08. The van der Waals surface area contributed by atoms with Gasteiger partial charge in [0.15, 0.2) is 16.8 Å². The van der Waals surface area contributed by atoms with Gasteiger partial charge >= 0.3 is 5.97 Å². The molecule has 0 aliphatic heterocycles. The number of oxazole rings is 1. The summed E-state index contributed by atoms with van der Waals surface area (Å²) in [6.45, 7) is 1.49. The summed E-state index contributed by atoms with van der Waals surface area (Å²) < 4.78 is 11.3. The highest BCUT2D eigenvalue weighted by molar-refractivity contribution is 7.14. The van der Waals surface area contributed by atoms with Gasteiger partial charge in [-0.25, -0.2) is 14.8 Å². The number of thiazole rings is 1. The molecule has 3 aromatic carbocycles. The molecule has 2 aromatic heterocycles. The van der Waals surface area contributed by atoms with E-state index in [1.54, 1.807) is 53.9 Å². The summed E-state index contributed by atoms with van der Waals surface area (Å²) >= 11 is 13.4. The van der Waals surface area contributed by atoms with E-state index in [1.807, 2.05) is 18.2 Å². The van der Waals surface area contributed by atoms with Crippen LogP contribution in [0.15, 0.2) is 76.5 Å². The van der Waals surface area contributed by atoms with Gasteiger partial charge in [0.2, 0.25) is 5.89 Å². The average Bonchev–Trinajstić information content (AvgIpc) is 3.51. The SMILES string of the molecule is CC(OC(=O)c1ccccc1-c1nc2ccccc2o1)C(=O)Nc1nc(-c2ccc(Cl)cc2Cl)cs1. The Morgan fingerprint density at radius 2 is 1.78 bits per heavy atom. The summed E-state index contributed by atoms with van der Waals surface area (Å²) in [5.41, 5.74) is 3.26. The number of esters is 1. The number of aromatic nitrogens is 2. The lowest BCUT2D eigenvalue weighted by atomic mass is 10.1. The molecule has 1 N–H and O–H groups in total. The van der Waals surface area contributed by atoms with Gasteiger partial charge in [-0.3, -0.25) is 10.1 Å². The highest BCUT2D eigenvalue weighted by Gasteiger charge is 2.24. The van der Waals surface area contributed by atoms with Crippen molar-refractivity contribution >= 4 is 62.6 Å². The van der Waals surface area contributed by atoms with Gasteiger partial charge in [0.05, 0.1) is 21.8 Å². The van der Waals surface area contributed by atoms with Crippen LogP contribution < -0.4 is 5.32 Å². The van der Waals surface area contributed by atoms with Crippen molar-refractivity contribution in [3.05, 3.63) is 87.7 Å². The summed E-state index contributed by atoms with van der Waals surface area (Å²) in [7, 11) is 0. The number of para-hydroxylation sites is 2. The molecule has 0 radical (unpaired) electrons. The number of anilines is 1. The van der Waals surface area contributed by atoms with Crippen molar-refractivity contribution in [1.82, 2.24) is 9.97 Å². The van der Waals surface area contributed by atoms with Crippen molar-refractivity contribution in [1.29, 1.82) is 0 Å². The number of nitrogens with one attached hydrogen (secondary N) is 1. The lowest BCUT2D eigenvalue weighted by Crippen LogP contribution is -2.30. The van der Waals surface area contributed by atoms with E-state index in [-0.39, 0.29) is 11.5 Å². The predicted molar refractivity (Wildman–Crippen MR) is 141 cm³/mol. The zero-order chi connectivity index (χ0) is 25.2. The normalized spacial score (nSPS) is 11.9. The predicted octanol–water partition coefficient (Wildman–Crippen LogP) is 7.11. The second-order valence-corrected chi connectivity index (χ2v) is 9.43. The van der Waals surface area contributed by atoms with Crippen LogP contribution in [0.4, 0.5) is 5.13 Å². The van der Waals surface area contributed by atoms with E-state index in [9.17, 15) is 9.59 Å². The number of ether oxygens (including phenoxy) is 1. The number of carbonyl (C=O) groups excluding carboxylic acids is 2. The van der Waals surface area contributed by atoms with E-state index in [0.717, 1.165) is 0 Å². The molecule has 0 spiro atoms. The second-order valence-electron chi connectivity index (χ2n) is 7.73. The fourth-order valence-electron chi connectivity index (χ4n) is 3.47. The number of halogens is 2. The third kappa shape index (κ3) is 4.97. The Morgan fingerprint density at radius 1 is 1.00 bits per heavy atom. The standard InChI is InChI=1S/C26H17Cl2N3O4S/c1-14(23(32)31-26-30-21(13-36-26)18-11-10-15(27)12-19(18)28)34-25(33)17-7-3-2-6-16(17)24-29-20-8-4-5-9-22(20)35-24/h2-14H,1H3,(H,30,31,32). The van der Waals surface area contributed by atoms with Crippen molar-refractivity contribution < 1.29 is 18.7 Å². The number of rotatable bonds is 6. The first-order valence-electron chi connectivity index (χ1n) is 10.8. The van der Waals surface area contributed by atoms with Crippen molar-refractivity contribution in [2.75, 3.05) is 5.32 Å². The van der Waals surface area contributed by atoms with Crippen LogP contribution >= 0.6 is 34.5 Å². The molecular weight excluding hydrogens is 521 g/mol. The maximum Gasteiger partial charge on any atom is 0.339 e. The smallest absolute Gasteiger partial charge is 0.339 e. The zero-order valence-corrected chi connectivity index (χ0v) is 21.0. The highest BCUT2D eigenvalue weighted by Crippen LogP contribution is 2.32. The molecule has 1 amide bonds. The third-order valence-electron chi connectivity index (χ3n) is 5.27. The quantitative estimate of drug-likeness (QED) is 0.232. The first-order valence-corrected chi connectivity index (χ1v) is 12.4. The second kappa shape index (κ2) is 10.1. The molecule has 180 valence electrons. The van der Waals surface area contributed by atoms with Crippen molar-refractivity contribution in [3.63, 3.8) is 0 Å². The zero-order valence-electron chi connectivity index (χ0n) is 18.7. The largest absolute Gasteiger partial charge is 0.449 e. The summed E-state index contributed by atoms with van der Waals surface area (Å²) in [5.74, 6) is -0.911. The molecule has 2 heterocycles. The Balaban J connectivity index is 1.29. The molecule has 0 bridgehead atoms. The number of hydrogen-bond donors (Lipinski definition) is 1. The van der Waals surface area contributed by atoms with Crippen LogP contribution in [0.5, 0.6) is 0 Å². The van der Waals surface area contributed by atoms with E-state index in [1.165, 1.54) is 18.3 Å². The van der Waals surface area contributed by atoms with Crippen LogP contribution in [0.25, 0.3) is 33.8 Å². The number of hydrogen-bond acceptors (Lipinski definition) is 7. The minimum atomic E-state index is -1.08. The van der Waals surface area contributed by atoms with E-state index < -0.39 is 18.0 Å². The van der Waals surface area contributed by atoms with Gasteiger partial charge in [0, 0.05) is 16.0 Å². The lowest BCUT2D eigenvalue weighted by Gasteiger charge is -2.13. The molecule has 1 unspecified atom stereocenters. The Morgan fingerprint density at radius 3 is 2.58 bits per heavy atom. The van der Waals surface area contributed by atoms with E-state index in [2.05, 4.69) is 15.3 Å². The Bertz CT molecular complexity index is 1560. The van der Waals surface area contributed by atoms with Gasteiger partial charge in [0.25, 0.3) is 5.91 Å². The molecule has 0 fully saturated rings. The van der Waals surface area contributed by atoms with Gasteiger partial charge in [-0.15, -0.1) is 11.3 Å². The van der Waals surface area contributed by atoms with Gasteiger partial charge in [-0.1, -0.05) is 47.5 Å². The van der Waals surface area contributed by atoms with Crippen LogP contribution in [-0.4, -0.2) is 27.9 Å². The first-order chi connectivity index (χ1) is 17.4. The molecule has 0 aliphatic rings. The lowest BCUT2D eigenvalue weighted by molar-refractivity contribution is -0.123. The van der Waals surface area contributed by atoms with Crippen LogP contribution in [0, 0.1) is 0 Å². The molecule has 36 heavy (non-hydrogen) atoms. The summed E-state index contributed by atoms with van der Waals surface area (Å²) in [5, 5.41) is 5.74. The van der Waals surface area contributed by atoms with Gasteiger partial charge in [0.1, 0.15) is 5.52 Å². The molecule has 0 saturated heterocycles. The van der Waals surface area contributed by atoms with Gasteiger partial charge in [-0.05, 0) is 49.4 Å². The molecule has 0 aliphatic carbocycles. The molecule has 5 rings (SSSR count). The highest BCUT2D eigenvalue weighted by atomic mass is 35.5. The third-order valence-corrected chi connectivity index (χ3v) is 6.57. The molecule has 10 heteroatoms. The molecule has 1 atom stereocenters. The monoisotopic (exact) mass is 537 g/mol. The Hall–Kier alpha value is -3.72. The fourth-order valence-corrected chi connectivity index (χ4v) is 4.69. The van der Waals surface area contributed by atoms with Crippen LogP contribution in [0.1, 0.15) is 17.3 Å². The van der Waals surface area contributed by atoms with Gasteiger partial charge < -0.3 is 9.15 Å². The minimum Gasteiger partial charge on any atom is -0.449 e. The number of fused-ring (bicyclic) bond motifs is 1. The van der Waals surface area contributed by atoms with Crippen LogP contribution in [-0.2, 0) is 9.53 Å². The average molecular weight is 538 g/mol. The van der Waals surface area contributed by atoms with E-state index in [0.29, 0.717) is 43.1 Å². The number of amides is 1. The van der Waals surface area contributed by atoms with Crippen LogP contribution in [0.3, 0.4) is 0 Å². The molecule has 0 saturated carbocycles. The number of nitrogens with zero attached hydrogens (tertiary/aromatic N) is 2. The Kier molecular flexibility index (Phi) is 6.73. The van der Waals surface area contributed by atoms with Gasteiger partial charge in [-0.2, -0.15) is 0 Å². The maximum atomic E-state index is 13.0. The number of benzene rings is 3. The molecule has 5 aromatic rings. The minimum absolute atomic E-state index is 0.234. The van der Waals surface area contributed by atoms with E-state index in [4.69, 9.17) is 32.4 Å². The summed E-state index contributed by atoms with van der Waals surface area (Å²) in [6, 6.07) is 19.2. The fraction of sp³-hybridized carbons (Fsp3) is 0.0769. The van der Waals surface area contributed by atoms with E-state index >= 15 is 0 Å². The molecule has 7 nitrogen and oxygen atoms in total. The van der Waals surface area contributed by atoms with Crippen molar-refractivity contribution in [2.45, 2.75) is 13.0 Å². The van der Waals surface area contributed by atoms with Crippen molar-refractivity contribution in [2.24, 2.45) is 0 Å². The van der Waals surface area contributed by atoms with Crippen LogP contribution in [0.2, 0.25) is 10.0 Å².